The number of fused-ring (bicyclic) bond motifs is 1. The first kappa shape index (κ1) is 15.3. The molecule has 2 atom stereocenters. The van der Waals surface area contributed by atoms with Crippen molar-refractivity contribution in [2.75, 3.05) is 25.0 Å². The monoisotopic (exact) mass is 307 g/mol. The van der Waals surface area contributed by atoms with Crippen LogP contribution in [0.3, 0.4) is 0 Å². The zero-order chi connectivity index (χ0) is 14.7. The van der Waals surface area contributed by atoms with E-state index in [0.29, 0.717) is 0 Å². The Morgan fingerprint density at radius 2 is 2.05 bits per heavy atom. The Kier molecular flexibility index (Phi) is 5.17. The molecule has 2 fully saturated rings. The molecule has 118 valence electrons. The molecule has 2 unspecified atom stereocenters. The fourth-order valence-corrected chi connectivity index (χ4v) is 5.16. The fraction of sp³-hybridized carbons (Fsp3) is 0.824. The van der Waals surface area contributed by atoms with Gasteiger partial charge in [0.25, 0.3) is 0 Å². The normalized spacial score (nSPS) is 25.9. The molecular weight excluding hydrogens is 278 g/mol. The highest BCUT2D eigenvalue weighted by Crippen LogP contribution is 2.38. The first-order valence-corrected chi connectivity index (χ1v) is 9.51. The number of nitrogens with one attached hydrogen (secondary N) is 1. The molecule has 1 aliphatic carbocycles. The lowest BCUT2D eigenvalue weighted by Crippen LogP contribution is -2.41. The van der Waals surface area contributed by atoms with Crippen molar-refractivity contribution in [3.05, 3.63) is 10.6 Å². The van der Waals surface area contributed by atoms with E-state index in [1.807, 2.05) is 18.4 Å². The van der Waals surface area contributed by atoms with Crippen LogP contribution in [0.5, 0.6) is 0 Å². The molecule has 1 aromatic heterocycles. The smallest absolute Gasteiger partial charge is 0.185 e. The predicted octanol–water partition coefficient (Wildman–Crippen LogP) is 3.83. The molecule has 3 nitrogen and oxygen atoms in total. The lowest BCUT2D eigenvalue weighted by molar-refractivity contribution is 0.202. The van der Waals surface area contributed by atoms with E-state index in [2.05, 4.69) is 17.1 Å². The topological polar surface area (TPSA) is 28.2 Å². The van der Waals surface area contributed by atoms with Crippen molar-refractivity contribution in [3.8, 4) is 0 Å². The number of anilines is 1. The van der Waals surface area contributed by atoms with Gasteiger partial charge in [0.15, 0.2) is 5.13 Å². The van der Waals surface area contributed by atoms with Crippen molar-refractivity contribution in [2.45, 2.75) is 58.4 Å². The Bertz CT molecular complexity index is 433. The van der Waals surface area contributed by atoms with Crippen molar-refractivity contribution in [1.29, 1.82) is 0 Å². The summed E-state index contributed by atoms with van der Waals surface area (Å²) in [4.78, 5) is 9.01. The van der Waals surface area contributed by atoms with E-state index in [1.54, 1.807) is 0 Å². The number of hydrogen-bond donors (Lipinski definition) is 1. The van der Waals surface area contributed by atoms with Crippen molar-refractivity contribution < 1.29 is 0 Å². The number of aromatic nitrogens is 1. The van der Waals surface area contributed by atoms with Crippen LogP contribution in [0.4, 0.5) is 5.13 Å². The summed E-state index contributed by atoms with van der Waals surface area (Å²) in [5.74, 6) is 1.93. The van der Waals surface area contributed by atoms with Crippen LogP contribution >= 0.6 is 11.3 Å². The van der Waals surface area contributed by atoms with Gasteiger partial charge < -0.3 is 10.2 Å². The number of nitrogens with zero attached hydrogens (tertiary/aromatic N) is 2. The zero-order valence-electron chi connectivity index (χ0n) is 13.5. The van der Waals surface area contributed by atoms with Crippen LogP contribution in [-0.2, 0) is 13.0 Å². The van der Waals surface area contributed by atoms with Gasteiger partial charge in [-0.2, -0.15) is 0 Å². The highest BCUT2D eigenvalue weighted by atomic mass is 32.1. The zero-order valence-corrected chi connectivity index (χ0v) is 14.3. The molecule has 0 amide bonds. The second kappa shape index (κ2) is 7.10. The van der Waals surface area contributed by atoms with Crippen LogP contribution in [-0.4, -0.2) is 25.1 Å². The van der Waals surface area contributed by atoms with E-state index >= 15 is 0 Å². The number of aryl methyl sites for hydroxylation is 1. The van der Waals surface area contributed by atoms with Crippen LogP contribution < -0.4 is 10.2 Å². The van der Waals surface area contributed by atoms with Gasteiger partial charge in [-0.15, -0.1) is 11.3 Å². The molecule has 0 spiro atoms. The average molecular weight is 308 g/mol. The van der Waals surface area contributed by atoms with E-state index in [4.69, 9.17) is 4.98 Å². The Hall–Kier alpha value is -0.610. The highest BCUT2D eigenvalue weighted by molar-refractivity contribution is 7.15. The molecule has 1 saturated carbocycles. The SMILES string of the molecule is CCCc1nc(N2CCC3CCCCC3C2)sc1CNC. The largest absolute Gasteiger partial charge is 0.348 e. The summed E-state index contributed by atoms with van der Waals surface area (Å²) in [5, 5.41) is 4.58. The maximum atomic E-state index is 4.98. The molecule has 1 aliphatic heterocycles. The van der Waals surface area contributed by atoms with Gasteiger partial charge in [-0.3, -0.25) is 0 Å². The molecule has 2 aliphatic rings. The van der Waals surface area contributed by atoms with Gasteiger partial charge in [0.1, 0.15) is 0 Å². The molecule has 0 radical (unpaired) electrons. The van der Waals surface area contributed by atoms with Crippen LogP contribution in [0, 0.1) is 11.8 Å². The Balaban J connectivity index is 1.72. The molecule has 4 heteroatoms. The number of thiazole rings is 1. The number of piperidine rings is 1. The minimum Gasteiger partial charge on any atom is -0.348 e. The van der Waals surface area contributed by atoms with Crippen LogP contribution in [0.2, 0.25) is 0 Å². The highest BCUT2D eigenvalue weighted by Gasteiger charge is 2.32. The van der Waals surface area contributed by atoms with Gasteiger partial charge >= 0.3 is 0 Å². The predicted molar refractivity (Wildman–Crippen MR) is 91.2 cm³/mol. The van der Waals surface area contributed by atoms with Crippen LogP contribution in [0.1, 0.15) is 56.0 Å². The lowest BCUT2D eigenvalue weighted by Gasteiger charge is -2.41. The fourth-order valence-electron chi connectivity index (χ4n) is 4.01. The van der Waals surface area contributed by atoms with Gasteiger partial charge in [0.05, 0.1) is 5.69 Å². The summed E-state index contributed by atoms with van der Waals surface area (Å²) < 4.78 is 0. The first-order chi connectivity index (χ1) is 10.3. The first-order valence-electron chi connectivity index (χ1n) is 8.70. The third-order valence-electron chi connectivity index (χ3n) is 5.15. The molecule has 0 bridgehead atoms. The summed E-state index contributed by atoms with van der Waals surface area (Å²) in [6.07, 6.45) is 9.51. The van der Waals surface area contributed by atoms with Crippen molar-refractivity contribution in [1.82, 2.24) is 10.3 Å². The molecule has 1 N–H and O–H groups in total. The van der Waals surface area contributed by atoms with Crippen molar-refractivity contribution in [3.63, 3.8) is 0 Å². The molecule has 1 saturated heterocycles. The molecule has 1 aromatic rings. The average Bonchev–Trinajstić information content (AvgIpc) is 2.91. The maximum Gasteiger partial charge on any atom is 0.185 e. The third kappa shape index (κ3) is 3.42. The van der Waals surface area contributed by atoms with Crippen LogP contribution in [0.25, 0.3) is 0 Å². The summed E-state index contributed by atoms with van der Waals surface area (Å²) in [6, 6.07) is 0. The second-order valence-electron chi connectivity index (χ2n) is 6.69. The van der Waals surface area contributed by atoms with E-state index in [-0.39, 0.29) is 0 Å². The van der Waals surface area contributed by atoms with E-state index in [0.717, 1.165) is 24.8 Å². The van der Waals surface area contributed by atoms with Crippen molar-refractivity contribution >= 4 is 16.5 Å². The molecule has 2 heterocycles. The van der Waals surface area contributed by atoms with E-state index in [9.17, 15) is 0 Å². The Morgan fingerprint density at radius 3 is 2.81 bits per heavy atom. The summed E-state index contributed by atoms with van der Waals surface area (Å²) in [6.45, 7) is 5.69. The van der Waals surface area contributed by atoms with Crippen molar-refractivity contribution in [2.24, 2.45) is 11.8 Å². The maximum absolute atomic E-state index is 4.98. The Labute approximate surface area is 133 Å². The quantitative estimate of drug-likeness (QED) is 0.896. The standard InChI is InChI=1S/C17H29N3S/c1-3-6-15-16(11-18-2)21-17(19-15)20-10-9-13-7-4-5-8-14(13)12-20/h13-14,18H,3-12H2,1-2H3. The molecule has 3 rings (SSSR count). The number of rotatable bonds is 5. The van der Waals surface area contributed by atoms with Crippen LogP contribution in [0.15, 0.2) is 0 Å². The minimum atomic E-state index is 0.929. The van der Waals surface area contributed by atoms with Gasteiger partial charge in [0, 0.05) is 24.5 Å². The van der Waals surface area contributed by atoms with Gasteiger partial charge in [0.2, 0.25) is 0 Å². The second-order valence-corrected chi connectivity index (χ2v) is 7.75. The molecule has 0 aromatic carbocycles. The van der Waals surface area contributed by atoms with E-state index < -0.39 is 0 Å². The number of hydrogen-bond acceptors (Lipinski definition) is 4. The summed E-state index contributed by atoms with van der Waals surface area (Å²) in [7, 11) is 2.03. The van der Waals surface area contributed by atoms with Gasteiger partial charge in [-0.1, -0.05) is 32.6 Å². The molecule has 21 heavy (non-hydrogen) atoms. The lowest BCUT2D eigenvalue weighted by atomic mass is 9.75. The minimum absolute atomic E-state index is 0.929. The van der Waals surface area contributed by atoms with Gasteiger partial charge in [-0.05, 0) is 38.1 Å². The molecular formula is C17H29N3S. The third-order valence-corrected chi connectivity index (χ3v) is 6.31. The van der Waals surface area contributed by atoms with E-state index in [1.165, 1.54) is 67.3 Å². The van der Waals surface area contributed by atoms with Gasteiger partial charge in [-0.25, -0.2) is 4.98 Å². The summed E-state index contributed by atoms with van der Waals surface area (Å²) in [5.41, 5.74) is 1.33. The Morgan fingerprint density at radius 1 is 1.24 bits per heavy atom. The summed E-state index contributed by atoms with van der Waals surface area (Å²) >= 11 is 1.92.